The molecule has 1 aromatic carbocycles. The van der Waals surface area contributed by atoms with E-state index in [2.05, 4.69) is 4.74 Å². The number of aliphatic carboxylic acids is 1. The number of rotatable bonds is 5. The van der Waals surface area contributed by atoms with Gasteiger partial charge in [-0.25, -0.2) is 4.79 Å². The van der Waals surface area contributed by atoms with Gasteiger partial charge >= 0.3 is 12.6 Å². The van der Waals surface area contributed by atoms with Gasteiger partial charge in [0.1, 0.15) is 5.75 Å². The van der Waals surface area contributed by atoms with E-state index >= 15 is 0 Å². The number of ether oxygens (including phenoxy) is 1. The highest BCUT2D eigenvalue weighted by atomic mass is 19.3. The van der Waals surface area contributed by atoms with Crippen molar-refractivity contribution in [3.8, 4) is 5.75 Å². The molecule has 0 aliphatic carbocycles. The Morgan fingerprint density at radius 2 is 1.78 bits per heavy atom. The second-order valence-corrected chi connectivity index (χ2v) is 5.42. The molecular weight excluding hydrogens is 312 g/mol. The summed E-state index contributed by atoms with van der Waals surface area (Å²) in [5, 5.41) is 18.8. The molecule has 1 amide bonds. The number of hydrogen-bond acceptors (Lipinski definition) is 4. The molecule has 0 saturated carbocycles. The predicted molar refractivity (Wildman–Crippen MR) is 75.2 cm³/mol. The zero-order valence-electron chi connectivity index (χ0n) is 12.2. The fraction of sp³-hybridized carbons (Fsp3) is 0.467. The fourth-order valence-corrected chi connectivity index (χ4v) is 2.42. The molecule has 0 unspecified atom stereocenters. The summed E-state index contributed by atoms with van der Waals surface area (Å²) < 4.78 is 28.3. The molecule has 0 bridgehead atoms. The van der Waals surface area contributed by atoms with E-state index in [0.29, 0.717) is 5.56 Å². The molecule has 0 atom stereocenters. The minimum Gasteiger partial charge on any atom is -0.479 e. The van der Waals surface area contributed by atoms with Gasteiger partial charge in [-0.1, -0.05) is 12.1 Å². The number of hydrogen-bond donors (Lipinski definition) is 2. The van der Waals surface area contributed by atoms with Crippen molar-refractivity contribution in [2.75, 3.05) is 13.1 Å². The third-order valence-electron chi connectivity index (χ3n) is 3.85. The van der Waals surface area contributed by atoms with E-state index < -0.39 is 18.2 Å². The zero-order chi connectivity index (χ0) is 17.0. The first kappa shape index (κ1) is 17.1. The van der Waals surface area contributed by atoms with Gasteiger partial charge in [-0.2, -0.15) is 8.78 Å². The normalized spacial score (nSPS) is 17.1. The standard InChI is InChI=1S/C15H17F2NO5/c16-14(17)23-11-3-1-10(2-4-11)9-12(19)18-7-5-15(22,6-8-18)13(20)21/h1-4,14,22H,5-9H2,(H,20,21). The number of likely N-dealkylation sites (tertiary alicyclic amines) is 1. The Morgan fingerprint density at radius 1 is 1.22 bits per heavy atom. The molecule has 6 nitrogen and oxygen atoms in total. The molecule has 0 radical (unpaired) electrons. The lowest BCUT2D eigenvalue weighted by Crippen LogP contribution is -2.51. The van der Waals surface area contributed by atoms with Crippen LogP contribution in [-0.4, -0.2) is 52.3 Å². The molecule has 1 fully saturated rings. The first-order chi connectivity index (χ1) is 10.8. The molecule has 1 aliphatic heterocycles. The van der Waals surface area contributed by atoms with Crippen molar-refractivity contribution >= 4 is 11.9 Å². The molecule has 126 valence electrons. The summed E-state index contributed by atoms with van der Waals surface area (Å²) in [6.45, 7) is -2.58. The topological polar surface area (TPSA) is 87.1 Å². The highest BCUT2D eigenvalue weighted by molar-refractivity contribution is 5.80. The van der Waals surface area contributed by atoms with Crippen molar-refractivity contribution in [3.05, 3.63) is 29.8 Å². The van der Waals surface area contributed by atoms with Crippen LogP contribution < -0.4 is 4.74 Å². The van der Waals surface area contributed by atoms with Crippen molar-refractivity contribution in [1.29, 1.82) is 0 Å². The highest BCUT2D eigenvalue weighted by Gasteiger charge is 2.40. The van der Waals surface area contributed by atoms with E-state index in [9.17, 15) is 23.5 Å². The van der Waals surface area contributed by atoms with Crippen LogP contribution in [0.15, 0.2) is 24.3 Å². The lowest BCUT2D eigenvalue weighted by Gasteiger charge is -2.35. The number of amides is 1. The molecule has 0 spiro atoms. The molecule has 0 aromatic heterocycles. The summed E-state index contributed by atoms with van der Waals surface area (Å²) >= 11 is 0. The Balaban J connectivity index is 1.89. The summed E-state index contributed by atoms with van der Waals surface area (Å²) in [7, 11) is 0. The molecule has 1 aromatic rings. The van der Waals surface area contributed by atoms with Gasteiger partial charge < -0.3 is 19.8 Å². The molecule has 23 heavy (non-hydrogen) atoms. The van der Waals surface area contributed by atoms with E-state index in [1.54, 1.807) is 0 Å². The van der Waals surface area contributed by atoms with Crippen LogP contribution in [0.1, 0.15) is 18.4 Å². The Labute approximate surface area is 131 Å². The van der Waals surface area contributed by atoms with Gasteiger partial charge in [0.25, 0.3) is 0 Å². The van der Waals surface area contributed by atoms with Crippen molar-refractivity contribution in [1.82, 2.24) is 4.90 Å². The van der Waals surface area contributed by atoms with E-state index in [0.717, 1.165) is 0 Å². The van der Waals surface area contributed by atoms with E-state index in [-0.39, 0.29) is 44.0 Å². The van der Waals surface area contributed by atoms with Crippen molar-refractivity contribution in [2.24, 2.45) is 0 Å². The maximum Gasteiger partial charge on any atom is 0.387 e. The number of piperidine rings is 1. The third-order valence-corrected chi connectivity index (χ3v) is 3.85. The second-order valence-electron chi connectivity index (χ2n) is 5.42. The Hall–Kier alpha value is -2.22. The monoisotopic (exact) mass is 329 g/mol. The number of benzene rings is 1. The van der Waals surface area contributed by atoms with Gasteiger partial charge in [0.2, 0.25) is 5.91 Å². The van der Waals surface area contributed by atoms with Crippen LogP contribution in [0.5, 0.6) is 5.75 Å². The molecule has 8 heteroatoms. The fourth-order valence-electron chi connectivity index (χ4n) is 2.42. The average molecular weight is 329 g/mol. The van der Waals surface area contributed by atoms with Crippen molar-refractivity contribution in [3.63, 3.8) is 0 Å². The largest absolute Gasteiger partial charge is 0.479 e. The van der Waals surface area contributed by atoms with E-state index in [4.69, 9.17) is 5.11 Å². The van der Waals surface area contributed by atoms with Gasteiger partial charge in [-0.15, -0.1) is 0 Å². The first-order valence-corrected chi connectivity index (χ1v) is 7.07. The molecule has 2 N–H and O–H groups in total. The summed E-state index contributed by atoms with van der Waals surface area (Å²) in [6.07, 6.45) is 0.0327. The van der Waals surface area contributed by atoms with Gasteiger partial charge in [-0.3, -0.25) is 4.79 Å². The SMILES string of the molecule is O=C(Cc1ccc(OC(F)F)cc1)N1CCC(O)(C(=O)O)CC1. The predicted octanol–water partition coefficient (Wildman–Crippen LogP) is 1.27. The number of alkyl halides is 2. The smallest absolute Gasteiger partial charge is 0.387 e. The van der Waals surface area contributed by atoms with Crippen LogP contribution in [0.25, 0.3) is 0 Å². The van der Waals surface area contributed by atoms with Crippen molar-refractivity contribution < 1.29 is 33.3 Å². The number of aliphatic hydroxyl groups is 1. The third kappa shape index (κ3) is 4.38. The zero-order valence-corrected chi connectivity index (χ0v) is 12.2. The second kappa shape index (κ2) is 6.91. The van der Waals surface area contributed by atoms with Crippen LogP contribution in [-0.2, 0) is 16.0 Å². The number of carboxylic acid groups (broad SMARTS) is 1. The Kier molecular flexibility index (Phi) is 5.15. The van der Waals surface area contributed by atoms with Gasteiger partial charge in [0, 0.05) is 25.9 Å². The number of nitrogens with zero attached hydrogens (tertiary/aromatic N) is 1. The molecule has 1 aliphatic rings. The minimum atomic E-state index is -2.90. The van der Waals surface area contributed by atoms with Crippen LogP contribution >= 0.6 is 0 Å². The minimum absolute atomic E-state index is 0.0145. The van der Waals surface area contributed by atoms with Crippen LogP contribution in [0.4, 0.5) is 8.78 Å². The molecule has 2 rings (SSSR count). The Morgan fingerprint density at radius 3 is 2.26 bits per heavy atom. The molecular formula is C15H17F2NO5. The highest BCUT2D eigenvalue weighted by Crippen LogP contribution is 2.23. The maximum atomic E-state index is 12.2. The van der Waals surface area contributed by atoms with Crippen LogP contribution in [0.3, 0.4) is 0 Å². The molecule has 1 saturated heterocycles. The number of carbonyl (C=O) groups excluding carboxylic acids is 1. The Bertz CT molecular complexity index is 568. The van der Waals surface area contributed by atoms with Gasteiger partial charge in [-0.05, 0) is 17.7 Å². The van der Waals surface area contributed by atoms with Crippen LogP contribution in [0.2, 0.25) is 0 Å². The van der Waals surface area contributed by atoms with E-state index in [1.807, 2.05) is 0 Å². The lowest BCUT2D eigenvalue weighted by molar-refractivity contribution is -0.165. The summed E-state index contributed by atoms with van der Waals surface area (Å²) in [4.78, 5) is 24.6. The molecule has 1 heterocycles. The quantitative estimate of drug-likeness (QED) is 0.849. The lowest BCUT2D eigenvalue weighted by atomic mass is 9.91. The maximum absolute atomic E-state index is 12.2. The average Bonchev–Trinajstić information content (AvgIpc) is 2.49. The summed E-state index contributed by atoms with van der Waals surface area (Å²) in [6, 6.07) is 5.75. The van der Waals surface area contributed by atoms with Crippen LogP contribution in [0, 0.1) is 0 Å². The van der Waals surface area contributed by atoms with Gasteiger partial charge in [0.05, 0.1) is 6.42 Å². The first-order valence-electron chi connectivity index (χ1n) is 7.07. The summed E-state index contributed by atoms with van der Waals surface area (Å²) in [5.41, 5.74) is -1.14. The number of halogens is 2. The summed E-state index contributed by atoms with van der Waals surface area (Å²) in [5.74, 6) is -1.47. The number of carboxylic acids is 1. The van der Waals surface area contributed by atoms with Crippen molar-refractivity contribution in [2.45, 2.75) is 31.5 Å². The van der Waals surface area contributed by atoms with Gasteiger partial charge in [0.15, 0.2) is 5.60 Å². The van der Waals surface area contributed by atoms with E-state index in [1.165, 1.54) is 29.2 Å². The number of carbonyl (C=O) groups is 2.